The molecule has 0 saturated carbocycles. The first kappa shape index (κ1) is 26.5. The molecule has 0 radical (unpaired) electrons. The summed E-state index contributed by atoms with van der Waals surface area (Å²) in [5.74, 6) is -1.25. The highest BCUT2D eigenvalue weighted by molar-refractivity contribution is 5.99. The number of benzene rings is 2. The van der Waals surface area contributed by atoms with Crippen molar-refractivity contribution in [1.82, 2.24) is 10.0 Å². The normalized spacial score (nSPS) is 18.7. The summed E-state index contributed by atoms with van der Waals surface area (Å²) in [5, 5.41) is 8.19. The van der Waals surface area contributed by atoms with Gasteiger partial charge in [0.1, 0.15) is 24.7 Å². The number of anilines is 2. The van der Waals surface area contributed by atoms with Crippen LogP contribution >= 0.6 is 0 Å². The molecule has 2 atom stereocenters. The molecule has 2 saturated heterocycles. The minimum Gasteiger partial charge on any atom is -0.490 e. The first-order valence-electron chi connectivity index (χ1n) is 12.3. The van der Waals surface area contributed by atoms with E-state index in [1.54, 1.807) is 60.7 Å². The summed E-state index contributed by atoms with van der Waals surface area (Å²) in [4.78, 5) is 51.0. The predicted molar refractivity (Wildman–Crippen MR) is 141 cm³/mol. The topological polar surface area (TPSA) is 117 Å². The Morgan fingerprint density at radius 1 is 0.737 bits per heavy atom. The molecule has 2 aromatic carbocycles. The van der Waals surface area contributed by atoms with E-state index in [-0.39, 0.29) is 49.6 Å². The molecule has 2 N–H and O–H groups in total. The molecule has 0 spiro atoms. The average Bonchev–Trinajstić information content (AvgIpc) is 3.50. The zero-order chi connectivity index (χ0) is 27.1. The molecule has 2 aliphatic heterocycles. The van der Waals surface area contributed by atoms with E-state index in [0.717, 1.165) is 0 Å². The Bertz CT molecular complexity index is 1120. The van der Waals surface area contributed by atoms with Crippen LogP contribution in [0.5, 0.6) is 11.5 Å². The van der Waals surface area contributed by atoms with Crippen molar-refractivity contribution < 1.29 is 28.7 Å². The van der Waals surface area contributed by atoms with Gasteiger partial charge >= 0.3 is 0 Å². The van der Waals surface area contributed by atoms with Gasteiger partial charge in [0.25, 0.3) is 0 Å². The second kappa shape index (κ2) is 12.1. The number of nitrogens with one attached hydrogen (secondary N) is 2. The van der Waals surface area contributed by atoms with Gasteiger partial charge < -0.3 is 20.1 Å². The smallest absolute Gasteiger partial charge is 0.242 e. The molecule has 0 aliphatic carbocycles. The molecular formula is C28H30N4O6. The number of hydrazine groups is 1. The van der Waals surface area contributed by atoms with Crippen LogP contribution in [0.3, 0.4) is 0 Å². The maximum absolute atomic E-state index is 12.8. The number of hydrogen-bond donors (Lipinski definition) is 2. The highest BCUT2D eigenvalue weighted by Gasteiger charge is 2.44. The Kier molecular flexibility index (Phi) is 8.42. The van der Waals surface area contributed by atoms with Crippen molar-refractivity contribution in [3.63, 3.8) is 0 Å². The minimum absolute atomic E-state index is 0.0206. The zero-order valence-corrected chi connectivity index (χ0v) is 20.9. The van der Waals surface area contributed by atoms with Gasteiger partial charge in [-0.2, -0.15) is 0 Å². The standard InChI is InChI=1S/C28H30N4O6/c1-3-13-37-23-9-5-21(6-10-23)29-27(35)19-15-25(33)31(17-19)32-18-20(16-26(32)34)28(36)30-22-7-11-24(12-8-22)38-14-4-2/h3-12,19-20H,1-2,13-18H2,(H,29,35)(H,30,36). The van der Waals surface area contributed by atoms with Crippen molar-refractivity contribution in [3.05, 3.63) is 73.8 Å². The summed E-state index contributed by atoms with van der Waals surface area (Å²) in [7, 11) is 0. The van der Waals surface area contributed by atoms with Gasteiger partial charge in [0.15, 0.2) is 0 Å². The van der Waals surface area contributed by atoms with E-state index in [0.29, 0.717) is 36.1 Å². The van der Waals surface area contributed by atoms with Gasteiger partial charge in [0, 0.05) is 24.2 Å². The largest absolute Gasteiger partial charge is 0.490 e. The second-order valence-electron chi connectivity index (χ2n) is 8.98. The lowest BCUT2D eigenvalue weighted by molar-refractivity contribution is -0.155. The molecule has 2 fully saturated rings. The van der Waals surface area contributed by atoms with Gasteiger partial charge in [0.2, 0.25) is 23.6 Å². The van der Waals surface area contributed by atoms with Crippen LogP contribution < -0.4 is 20.1 Å². The van der Waals surface area contributed by atoms with Crippen LogP contribution in [0.15, 0.2) is 73.8 Å². The lowest BCUT2D eigenvalue weighted by Crippen LogP contribution is -2.45. The van der Waals surface area contributed by atoms with Crippen LogP contribution in [-0.4, -0.2) is 59.9 Å². The molecular weight excluding hydrogens is 488 g/mol. The molecule has 10 nitrogen and oxygen atoms in total. The number of carbonyl (C=O) groups excluding carboxylic acids is 4. The molecule has 0 aromatic heterocycles. The van der Waals surface area contributed by atoms with Gasteiger partial charge in [-0.1, -0.05) is 25.3 Å². The van der Waals surface area contributed by atoms with Crippen LogP contribution in [0, 0.1) is 11.8 Å². The lowest BCUT2D eigenvalue weighted by Gasteiger charge is -2.28. The third-order valence-corrected chi connectivity index (χ3v) is 6.22. The Morgan fingerprint density at radius 3 is 1.45 bits per heavy atom. The number of hydrogen-bond acceptors (Lipinski definition) is 6. The quantitative estimate of drug-likeness (QED) is 0.442. The molecule has 2 heterocycles. The van der Waals surface area contributed by atoms with Gasteiger partial charge in [0.05, 0.1) is 24.9 Å². The minimum atomic E-state index is -0.623. The molecule has 10 heteroatoms. The van der Waals surface area contributed by atoms with Gasteiger partial charge in [-0.05, 0) is 48.5 Å². The van der Waals surface area contributed by atoms with Crippen molar-refractivity contribution in [3.8, 4) is 11.5 Å². The molecule has 198 valence electrons. The summed E-state index contributed by atoms with van der Waals surface area (Å²) in [6.45, 7) is 8.08. The first-order valence-corrected chi connectivity index (χ1v) is 12.3. The van der Waals surface area contributed by atoms with Crippen molar-refractivity contribution in [1.29, 1.82) is 0 Å². The fourth-order valence-corrected chi connectivity index (χ4v) is 4.27. The van der Waals surface area contributed by atoms with Crippen LogP contribution in [0.2, 0.25) is 0 Å². The Hall–Kier alpha value is -4.60. The molecule has 4 rings (SSSR count). The molecule has 2 aromatic rings. The van der Waals surface area contributed by atoms with Crippen LogP contribution in [0.1, 0.15) is 12.8 Å². The average molecular weight is 519 g/mol. The second-order valence-corrected chi connectivity index (χ2v) is 8.98. The first-order chi connectivity index (χ1) is 18.4. The Balaban J connectivity index is 1.30. The van der Waals surface area contributed by atoms with Gasteiger partial charge in [-0.15, -0.1) is 0 Å². The number of amides is 4. The van der Waals surface area contributed by atoms with E-state index in [1.807, 2.05) is 0 Å². The summed E-state index contributed by atoms with van der Waals surface area (Å²) in [6.07, 6.45) is 3.23. The molecule has 2 aliphatic rings. The van der Waals surface area contributed by atoms with Gasteiger partial charge in [-0.25, -0.2) is 0 Å². The SMILES string of the molecule is C=CCOc1ccc(NC(=O)C2CC(=O)N(N3CC(C(=O)Nc4ccc(OCC=C)cc4)CC3=O)C2)cc1. The van der Waals surface area contributed by atoms with E-state index < -0.39 is 11.8 Å². The fraction of sp³-hybridized carbons (Fsp3) is 0.286. The Morgan fingerprint density at radius 2 is 1.11 bits per heavy atom. The van der Waals surface area contributed by atoms with E-state index in [2.05, 4.69) is 23.8 Å². The number of carbonyl (C=O) groups is 4. The third kappa shape index (κ3) is 6.39. The number of rotatable bonds is 11. The summed E-state index contributed by atoms with van der Waals surface area (Å²) < 4.78 is 10.9. The Labute approximate surface area is 220 Å². The molecule has 0 bridgehead atoms. The molecule has 2 unspecified atom stereocenters. The van der Waals surface area contributed by atoms with Crippen LogP contribution in [0.25, 0.3) is 0 Å². The van der Waals surface area contributed by atoms with Crippen LogP contribution in [-0.2, 0) is 19.2 Å². The van der Waals surface area contributed by atoms with E-state index in [1.165, 1.54) is 10.0 Å². The number of ether oxygens (including phenoxy) is 2. The number of nitrogens with zero attached hydrogens (tertiary/aromatic N) is 2. The van der Waals surface area contributed by atoms with E-state index in [9.17, 15) is 19.2 Å². The van der Waals surface area contributed by atoms with Crippen molar-refractivity contribution in [2.24, 2.45) is 11.8 Å². The highest BCUT2D eigenvalue weighted by atomic mass is 16.5. The van der Waals surface area contributed by atoms with Gasteiger partial charge in [-0.3, -0.25) is 29.2 Å². The van der Waals surface area contributed by atoms with Crippen molar-refractivity contribution in [2.45, 2.75) is 12.8 Å². The predicted octanol–water partition coefficient (Wildman–Crippen LogP) is 3.01. The fourth-order valence-electron chi connectivity index (χ4n) is 4.27. The lowest BCUT2D eigenvalue weighted by atomic mass is 10.1. The summed E-state index contributed by atoms with van der Waals surface area (Å²) in [6, 6.07) is 13.7. The monoisotopic (exact) mass is 518 g/mol. The summed E-state index contributed by atoms with van der Waals surface area (Å²) in [5.41, 5.74) is 1.14. The van der Waals surface area contributed by atoms with E-state index in [4.69, 9.17) is 9.47 Å². The molecule has 38 heavy (non-hydrogen) atoms. The van der Waals surface area contributed by atoms with E-state index >= 15 is 0 Å². The zero-order valence-electron chi connectivity index (χ0n) is 20.9. The summed E-state index contributed by atoms with van der Waals surface area (Å²) >= 11 is 0. The van der Waals surface area contributed by atoms with Crippen molar-refractivity contribution >= 4 is 35.0 Å². The molecule has 4 amide bonds. The highest BCUT2D eigenvalue weighted by Crippen LogP contribution is 2.28. The van der Waals surface area contributed by atoms with Crippen molar-refractivity contribution in [2.75, 3.05) is 36.9 Å². The maximum atomic E-state index is 12.8. The maximum Gasteiger partial charge on any atom is 0.242 e. The third-order valence-electron chi connectivity index (χ3n) is 6.22. The van der Waals surface area contributed by atoms with Crippen LogP contribution in [0.4, 0.5) is 11.4 Å².